The average molecular weight is 248 g/mol. The van der Waals surface area contributed by atoms with Gasteiger partial charge in [0.05, 0.1) is 10.8 Å². The molecule has 1 N–H and O–H groups in total. The zero-order valence-electron chi connectivity index (χ0n) is 8.26. The molecule has 1 aromatic rings. The third-order valence-corrected chi connectivity index (χ3v) is 3.69. The first-order valence-corrected chi connectivity index (χ1v) is 6.04. The Balaban J connectivity index is 0.00000112. The third-order valence-electron chi connectivity index (χ3n) is 2.30. The van der Waals surface area contributed by atoms with Crippen molar-refractivity contribution in [1.29, 1.82) is 0 Å². The van der Waals surface area contributed by atoms with Crippen LogP contribution in [0.2, 0.25) is 0 Å². The molecule has 0 bridgehead atoms. The van der Waals surface area contributed by atoms with E-state index in [2.05, 4.69) is 15.3 Å². The molecule has 2 heterocycles. The topological polar surface area (TPSA) is 54.9 Å². The van der Waals surface area contributed by atoms with Crippen molar-refractivity contribution >= 4 is 23.2 Å². The van der Waals surface area contributed by atoms with Gasteiger partial charge in [0.1, 0.15) is 0 Å². The maximum Gasteiger partial charge on any atom is 0.218 e. The summed E-state index contributed by atoms with van der Waals surface area (Å²) >= 11 is 0. The second-order valence-electron chi connectivity index (χ2n) is 3.40. The number of nitrogens with one attached hydrogen (secondary N) is 1. The molecular formula is C9H14ClN3OS. The summed E-state index contributed by atoms with van der Waals surface area (Å²) in [6, 6.07) is 1.73. The first-order valence-electron chi connectivity index (χ1n) is 4.72. The van der Waals surface area contributed by atoms with Gasteiger partial charge in [0.25, 0.3) is 0 Å². The lowest BCUT2D eigenvalue weighted by Gasteiger charge is -2.05. The van der Waals surface area contributed by atoms with Crippen LogP contribution < -0.4 is 5.32 Å². The molecule has 2 atom stereocenters. The zero-order chi connectivity index (χ0) is 9.80. The van der Waals surface area contributed by atoms with Crippen LogP contribution in [0.1, 0.15) is 6.42 Å². The van der Waals surface area contributed by atoms with E-state index in [1.54, 1.807) is 18.5 Å². The number of hydrogen-bond acceptors (Lipinski definition) is 4. The molecule has 0 saturated carbocycles. The minimum Gasteiger partial charge on any atom is -0.316 e. The molecule has 2 rings (SSSR count). The third kappa shape index (κ3) is 3.52. The highest BCUT2D eigenvalue weighted by Gasteiger charge is 2.19. The van der Waals surface area contributed by atoms with Crippen LogP contribution in [0.15, 0.2) is 23.6 Å². The van der Waals surface area contributed by atoms with Gasteiger partial charge in [0, 0.05) is 18.1 Å². The van der Waals surface area contributed by atoms with Crippen molar-refractivity contribution in [3.05, 3.63) is 18.5 Å². The SMILES string of the molecule is Cl.O=S(CC1CCNC1)c1ncccn1. The Labute approximate surface area is 97.8 Å². The zero-order valence-corrected chi connectivity index (χ0v) is 9.89. The summed E-state index contributed by atoms with van der Waals surface area (Å²) in [5, 5.41) is 3.71. The molecule has 15 heavy (non-hydrogen) atoms. The van der Waals surface area contributed by atoms with Crippen molar-refractivity contribution < 1.29 is 4.21 Å². The highest BCUT2D eigenvalue weighted by atomic mass is 35.5. The quantitative estimate of drug-likeness (QED) is 0.796. The molecule has 1 aliphatic heterocycles. The molecule has 84 valence electrons. The summed E-state index contributed by atoms with van der Waals surface area (Å²) < 4.78 is 11.8. The Kier molecular flexibility index (Phi) is 5.14. The van der Waals surface area contributed by atoms with E-state index in [-0.39, 0.29) is 12.4 Å². The van der Waals surface area contributed by atoms with E-state index in [1.807, 2.05) is 0 Å². The fourth-order valence-corrected chi connectivity index (χ4v) is 2.77. The lowest BCUT2D eigenvalue weighted by Crippen LogP contribution is -2.16. The predicted octanol–water partition coefficient (Wildman–Crippen LogP) is 0.615. The van der Waals surface area contributed by atoms with Gasteiger partial charge in [-0.1, -0.05) is 0 Å². The normalized spacial score (nSPS) is 22.0. The number of rotatable bonds is 3. The highest BCUT2D eigenvalue weighted by Crippen LogP contribution is 2.11. The number of nitrogens with zero attached hydrogens (tertiary/aromatic N) is 2. The Morgan fingerprint density at radius 2 is 2.20 bits per heavy atom. The molecule has 2 unspecified atom stereocenters. The fraction of sp³-hybridized carbons (Fsp3) is 0.556. The summed E-state index contributed by atoms with van der Waals surface area (Å²) in [5.74, 6) is 1.19. The molecule has 1 aromatic heterocycles. The molecule has 1 fully saturated rings. The van der Waals surface area contributed by atoms with Gasteiger partial charge >= 0.3 is 0 Å². The van der Waals surface area contributed by atoms with Gasteiger partial charge in [-0.05, 0) is 31.5 Å². The van der Waals surface area contributed by atoms with Gasteiger partial charge in [0.15, 0.2) is 0 Å². The maximum absolute atomic E-state index is 11.8. The highest BCUT2D eigenvalue weighted by molar-refractivity contribution is 7.84. The van der Waals surface area contributed by atoms with E-state index in [0.717, 1.165) is 19.5 Å². The largest absolute Gasteiger partial charge is 0.316 e. The average Bonchev–Trinajstić information content (AvgIpc) is 2.72. The van der Waals surface area contributed by atoms with Gasteiger partial charge in [-0.15, -0.1) is 12.4 Å². The molecule has 4 nitrogen and oxygen atoms in total. The molecule has 0 aliphatic carbocycles. The van der Waals surface area contributed by atoms with Crippen molar-refractivity contribution in [3.8, 4) is 0 Å². The smallest absolute Gasteiger partial charge is 0.218 e. The Bertz CT molecular complexity index is 316. The number of hydrogen-bond donors (Lipinski definition) is 1. The van der Waals surface area contributed by atoms with E-state index in [0.29, 0.717) is 16.8 Å². The second-order valence-corrected chi connectivity index (χ2v) is 4.79. The van der Waals surface area contributed by atoms with Crippen molar-refractivity contribution in [2.45, 2.75) is 11.6 Å². The van der Waals surface area contributed by atoms with Gasteiger partial charge < -0.3 is 5.32 Å². The lowest BCUT2D eigenvalue weighted by molar-refractivity contribution is 0.628. The number of halogens is 1. The van der Waals surface area contributed by atoms with E-state index in [4.69, 9.17) is 0 Å². The monoisotopic (exact) mass is 247 g/mol. The van der Waals surface area contributed by atoms with Gasteiger partial charge in [-0.25, -0.2) is 9.97 Å². The van der Waals surface area contributed by atoms with E-state index >= 15 is 0 Å². The summed E-state index contributed by atoms with van der Waals surface area (Å²) in [6.07, 6.45) is 4.37. The van der Waals surface area contributed by atoms with Crippen LogP contribution in [0.3, 0.4) is 0 Å². The minimum absolute atomic E-state index is 0. The van der Waals surface area contributed by atoms with Gasteiger partial charge in [0.2, 0.25) is 5.16 Å². The standard InChI is InChI=1S/C9H13N3OS.ClH/c13-14(7-8-2-5-10-6-8)9-11-3-1-4-12-9;/h1,3-4,8,10H,2,5-7H2;1H. The summed E-state index contributed by atoms with van der Waals surface area (Å²) in [7, 11) is -1.04. The van der Waals surface area contributed by atoms with Crippen molar-refractivity contribution in [1.82, 2.24) is 15.3 Å². The first kappa shape index (κ1) is 12.5. The van der Waals surface area contributed by atoms with Gasteiger partial charge in [-0.2, -0.15) is 0 Å². The van der Waals surface area contributed by atoms with Crippen LogP contribution in [-0.4, -0.2) is 33.0 Å². The predicted molar refractivity (Wildman–Crippen MR) is 61.5 cm³/mol. The molecule has 0 amide bonds. The van der Waals surface area contributed by atoms with Crippen LogP contribution >= 0.6 is 12.4 Å². The van der Waals surface area contributed by atoms with Crippen molar-refractivity contribution in [3.63, 3.8) is 0 Å². The Morgan fingerprint density at radius 1 is 1.47 bits per heavy atom. The van der Waals surface area contributed by atoms with E-state index < -0.39 is 10.8 Å². The Morgan fingerprint density at radius 3 is 2.80 bits per heavy atom. The van der Waals surface area contributed by atoms with E-state index in [1.165, 1.54) is 0 Å². The summed E-state index contributed by atoms with van der Waals surface area (Å²) in [6.45, 7) is 2.01. The molecule has 1 aliphatic rings. The lowest BCUT2D eigenvalue weighted by atomic mass is 10.2. The molecule has 0 aromatic carbocycles. The minimum atomic E-state index is -1.04. The molecule has 0 spiro atoms. The molecule has 1 saturated heterocycles. The first-order chi connectivity index (χ1) is 6.86. The van der Waals surface area contributed by atoms with Crippen LogP contribution in [0.25, 0.3) is 0 Å². The van der Waals surface area contributed by atoms with E-state index in [9.17, 15) is 4.21 Å². The number of aromatic nitrogens is 2. The molecule has 0 radical (unpaired) electrons. The van der Waals surface area contributed by atoms with Crippen LogP contribution in [0, 0.1) is 5.92 Å². The molecule has 6 heteroatoms. The maximum atomic E-state index is 11.8. The molecular weight excluding hydrogens is 234 g/mol. The fourth-order valence-electron chi connectivity index (χ4n) is 1.55. The summed E-state index contributed by atoms with van der Waals surface area (Å²) in [4.78, 5) is 7.98. The Hall–Kier alpha value is -0.520. The second kappa shape index (κ2) is 6.15. The summed E-state index contributed by atoms with van der Waals surface area (Å²) in [5.41, 5.74) is 0. The van der Waals surface area contributed by atoms with Crippen molar-refractivity contribution in [2.75, 3.05) is 18.8 Å². The van der Waals surface area contributed by atoms with Crippen LogP contribution in [-0.2, 0) is 10.8 Å². The van der Waals surface area contributed by atoms with Crippen molar-refractivity contribution in [2.24, 2.45) is 5.92 Å². The van der Waals surface area contributed by atoms with Crippen LogP contribution in [0.5, 0.6) is 0 Å². The van der Waals surface area contributed by atoms with Crippen LogP contribution in [0.4, 0.5) is 0 Å². The van der Waals surface area contributed by atoms with Gasteiger partial charge in [-0.3, -0.25) is 4.21 Å².